The smallest absolute Gasteiger partial charge is 0.414 e. The maximum absolute atomic E-state index is 15.5. The average Bonchev–Trinajstić information content (AvgIpc) is 4.01. The molecule has 3 aromatic heterocycles. The molecule has 6 heterocycles. The Kier molecular flexibility index (Phi) is 12.5. The number of rotatable bonds is 9. The highest BCUT2D eigenvalue weighted by molar-refractivity contribution is 7.91. The van der Waals surface area contributed by atoms with Gasteiger partial charge in [-0.25, -0.2) is 23.2 Å². The molecule has 2 saturated heterocycles. The molecule has 4 amide bonds. The highest BCUT2D eigenvalue weighted by Crippen LogP contribution is 2.49. The molecule has 0 radical (unpaired) electrons. The van der Waals surface area contributed by atoms with Crippen LogP contribution in [0.3, 0.4) is 0 Å². The lowest BCUT2D eigenvalue weighted by Gasteiger charge is -2.50. The lowest BCUT2D eigenvalue weighted by atomic mass is 9.82. The van der Waals surface area contributed by atoms with Gasteiger partial charge in [0.2, 0.25) is 21.8 Å². The van der Waals surface area contributed by atoms with Gasteiger partial charge < -0.3 is 24.8 Å². The summed E-state index contributed by atoms with van der Waals surface area (Å²) in [6.07, 6.45) is 1.05. The van der Waals surface area contributed by atoms with Crippen molar-refractivity contribution < 1.29 is 55.3 Å². The van der Waals surface area contributed by atoms with Crippen LogP contribution < -0.4 is 14.8 Å². The number of carboxylic acid groups (broad SMARTS) is 1. The number of carbonyl (C=O) groups is 4. The Morgan fingerprint density at radius 2 is 1.89 bits per heavy atom. The van der Waals surface area contributed by atoms with Crippen LogP contribution in [-0.2, 0) is 29.1 Å². The molecule has 1 unspecified atom stereocenters. The number of hydrogen-bond acceptors (Lipinski definition) is 12. The number of carbonyl (C=O) groups excluding carboxylic acids is 3. The van der Waals surface area contributed by atoms with Crippen LogP contribution in [0.25, 0.3) is 22.0 Å². The molecular weight excluding hydrogens is 892 g/mol. The number of amides is 4. The van der Waals surface area contributed by atoms with E-state index in [1.54, 1.807) is 61.2 Å². The third-order valence-electron chi connectivity index (χ3n) is 13.6. The Labute approximate surface area is 378 Å². The summed E-state index contributed by atoms with van der Waals surface area (Å²) in [6, 6.07) is 3.35. The van der Waals surface area contributed by atoms with E-state index in [-0.39, 0.29) is 55.4 Å². The zero-order valence-electron chi connectivity index (χ0n) is 36.1. The van der Waals surface area contributed by atoms with Gasteiger partial charge in [0.1, 0.15) is 40.2 Å². The van der Waals surface area contributed by atoms with Crippen LogP contribution in [-0.4, -0.2) is 122 Å². The quantitative estimate of drug-likeness (QED) is 0.212. The first-order chi connectivity index (χ1) is 30.8. The minimum absolute atomic E-state index is 0.0317. The first kappa shape index (κ1) is 46.4. The summed E-state index contributed by atoms with van der Waals surface area (Å²) in [5.74, 6) is -4.45. The van der Waals surface area contributed by atoms with E-state index < -0.39 is 98.9 Å². The monoisotopic (exact) mass is 943 g/mol. The molecule has 16 nitrogen and oxygen atoms in total. The second-order valence-corrected chi connectivity index (χ2v) is 21.5. The van der Waals surface area contributed by atoms with Crippen molar-refractivity contribution in [2.24, 2.45) is 17.8 Å². The first-order valence-corrected chi connectivity index (χ1v) is 24.2. The Morgan fingerprint density at radius 3 is 2.54 bits per heavy atom. The van der Waals surface area contributed by atoms with Crippen LogP contribution in [0.4, 0.5) is 18.0 Å². The lowest BCUT2D eigenvalue weighted by molar-refractivity contribution is -0.260. The van der Waals surface area contributed by atoms with Crippen LogP contribution in [0.2, 0.25) is 0 Å². The van der Waals surface area contributed by atoms with E-state index in [2.05, 4.69) is 20.0 Å². The third-order valence-corrected chi connectivity index (χ3v) is 16.6. The number of pyridine rings is 2. The van der Waals surface area contributed by atoms with Gasteiger partial charge in [-0.1, -0.05) is 26.0 Å². The molecule has 8 atom stereocenters. The van der Waals surface area contributed by atoms with Crippen molar-refractivity contribution in [1.82, 2.24) is 34.8 Å². The molecule has 5 aliphatic rings. The number of nitrogens with zero attached hydrogens (tertiary/aromatic N) is 5. The Morgan fingerprint density at radius 1 is 1.12 bits per heavy atom. The predicted molar refractivity (Wildman–Crippen MR) is 231 cm³/mol. The van der Waals surface area contributed by atoms with Crippen LogP contribution in [0.1, 0.15) is 78.6 Å². The largest absolute Gasteiger partial charge is 0.488 e. The summed E-state index contributed by atoms with van der Waals surface area (Å²) in [5, 5.41) is 16.0. The van der Waals surface area contributed by atoms with Gasteiger partial charge in [0, 0.05) is 60.6 Å². The van der Waals surface area contributed by atoms with E-state index in [0.29, 0.717) is 47.6 Å². The lowest BCUT2D eigenvalue weighted by Crippen LogP contribution is -2.71. The highest BCUT2D eigenvalue weighted by Gasteiger charge is 2.66. The molecule has 3 N–H and O–H groups in total. The average molecular weight is 944 g/mol. The number of alkyl halides is 3. The summed E-state index contributed by atoms with van der Waals surface area (Å²) in [6.45, 7) is 3.49. The molecule has 0 bridgehead atoms. The van der Waals surface area contributed by atoms with E-state index in [1.165, 1.54) is 18.3 Å². The van der Waals surface area contributed by atoms with Gasteiger partial charge in [0.05, 0.1) is 23.6 Å². The number of aromatic nitrogens is 3. The van der Waals surface area contributed by atoms with Crippen LogP contribution >= 0.6 is 11.3 Å². The number of sulfonamides is 1. The topological polar surface area (TPSA) is 210 Å². The molecule has 65 heavy (non-hydrogen) atoms. The van der Waals surface area contributed by atoms with Gasteiger partial charge in [0.25, 0.3) is 5.91 Å². The van der Waals surface area contributed by atoms with Crippen molar-refractivity contribution in [3.8, 4) is 27.7 Å². The minimum atomic E-state index is -5.16. The fourth-order valence-electron chi connectivity index (χ4n) is 9.53. The van der Waals surface area contributed by atoms with Crippen LogP contribution in [0, 0.1) is 17.8 Å². The summed E-state index contributed by atoms with van der Waals surface area (Å²) in [7, 11) is -4.15. The van der Waals surface area contributed by atoms with E-state index in [1.807, 2.05) is 13.0 Å². The number of thiazole rings is 1. The van der Waals surface area contributed by atoms with Crippen molar-refractivity contribution >= 4 is 45.2 Å². The van der Waals surface area contributed by atoms with Gasteiger partial charge in [-0.15, -0.1) is 11.3 Å². The third kappa shape index (κ3) is 9.07. The van der Waals surface area contributed by atoms with Gasteiger partial charge in [-0.05, 0) is 82.3 Å². The number of allylic oxidation sites excluding steroid dienone is 1. The number of ether oxygens (including phenoxy) is 2. The molecule has 8 rings (SSSR count). The fraction of sp³-hybridized carbons (Fsp3) is 0.568. The van der Waals surface area contributed by atoms with Crippen molar-refractivity contribution in [1.29, 1.82) is 0 Å². The van der Waals surface area contributed by atoms with E-state index in [0.717, 1.165) is 4.90 Å². The Hall–Kier alpha value is -5.15. The normalized spacial score (nSPS) is 30.5. The maximum Gasteiger partial charge on any atom is 0.414 e. The molecular formula is C44H52F3N7O9S2. The predicted octanol–water partition coefficient (Wildman–Crippen LogP) is 5.96. The summed E-state index contributed by atoms with van der Waals surface area (Å²) < 4.78 is 86.0. The molecule has 3 aromatic rings. The van der Waals surface area contributed by atoms with E-state index in [4.69, 9.17) is 14.5 Å². The fourth-order valence-corrected chi connectivity index (χ4v) is 11.4. The molecule has 2 aliphatic carbocycles. The molecule has 3 aliphatic heterocycles. The number of nitrogens with one attached hydrogen (secondary N) is 2. The number of fused-ring (bicyclic) bond motifs is 2. The molecule has 0 aromatic carbocycles. The Bertz CT molecular complexity index is 2430. The highest BCUT2D eigenvalue weighted by atomic mass is 32.2. The summed E-state index contributed by atoms with van der Waals surface area (Å²) in [5.41, 5.74) is -3.28. The molecule has 350 valence electrons. The summed E-state index contributed by atoms with van der Waals surface area (Å²) >= 11 is 1.33. The molecule has 21 heteroatoms. The summed E-state index contributed by atoms with van der Waals surface area (Å²) in [4.78, 5) is 72.4. The van der Waals surface area contributed by atoms with Gasteiger partial charge in [-0.2, -0.15) is 13.2 Å². The van der Waals surface area contributed by atoms with Crippen molar-refractivity contribution in [2.45, 2.75) is 119 Å². The van der Waals surface area contributed by atoms with E-state index in [9.17, 15) is 27.9 Å². The standard InChI is InChI=1S/C44H52F3N7O9S2/c1-26-8-4-5-10-29-22-43(29,39(57)52-65(60,61)41(3)12-13-41)51-36(55)34-21-31(63-30-19-32(28-9-6-14-48-23-28)50-33(20-30)37-49-15-17-64-37)24-53(34)38(56)35(27(2)18-26)54(40(58)59)42(44(45,46)47)11-7-16-62-25-42/h5-6,9-10,14-15,17,19-20,23,26-27,29,31,34-35H,4,7-8,11-13,16,18,21-22,24-25H2,1-3H3,(H,51,55)(H,52,57)(H,58,59)/t26-,27-,29-,31-,34+,35+,42?,43-/m1/s1. The SMILES string of the molecule is C[C@@H]1CCC=C[C@@H]2C[C@@]2(C(=O)NS(=O)(=O)C2(C)CC2)NC(=O)[C@@H]2C[C@@H](Oc3cc(-c4cccnc4)nc(-c4nccs4)c3)CN2C(=O)[C@@H](N(C(=O)O)C2(C(F)(F)F)CCCOC2)[C@H](C)C1. The maximum atomic E-state index is 15.5. The van der Waals surface area contributed by atoms with Gasteiger partial charge >= 0.3 is 12.3 Å². The van der Waals surface area contributed by atoms with E-state index >= 15 is 18.0 Å². The molecule has 2 saturated carbocycles. The zero-order valence-corrected chi connectivity index (χ0v) is 37.8. The second kappa shape index (κ2) is 17.6. The van der Waals surface area contributed by atoms with Gasteiger partial charge in [0.15, 0.2) is 5.54 Å². The Balaban J connectivity index is 1.21. The second-order valence-electron chi connectivity index (χ2n) is 18.4. The van der Waals surface area contributed by atoms with Crippen molar-refractivity contribution in [3.05, 3.63) is 60.4 Å². The number of halogens is 3. The van der Waals surface area contributed by atoms with Crippen LogP contribution in [0.15, 0.2) is 60.4 Å². The van der Waals surface area contributed by atoms with Crippen LogP contribution in [0.5, 0.6) is 5.75 Å². The molecule has 4 fully saturated rings. The zero-order chi connectivity index (χ0) is 46.5. The van der Waals surface area contributed by atoms with Gasteiger partial charge in [-0.3, -0.25) is 29.0 Å². The molecule has 0 spiro atoms. The number of hydrogen-bond donors (Lipinski definition) is 3. The van der Waals surface area contributed by atoms with Crippen molar-refractivity contribution in [2.75, 3.05) is 19.8 Å². The minimum Gasteiger partial charge on any atom is -0.488 e. The first-order valence-electron chi connectivity index (χ1n) is 21.8. The van der Waals surface area contributed by atoms with Crippen molar-refractivity contribution in [3.63, 3.8) is 0 Å².